The van der Waals surface area contributed by atoms with E-state index in [-0.39, 0.29) is 19.3 Å². The van der Waals surface area contributed by atoms with E-state index in [0.717, 1.165) is 44.0 Å². The number of nitrogens with zero attached hydrogens (tertiary/aromatic N) is 2. The highest BCUT2D eigenvalue weighted by Gasteiger charge is 2.30. The molecule has 0 saturated carbocycles. The number of likely N-dealkylation sites (N-methyl/N-ethyl adjacent to an activating group) is 1. The summed E-state index contributed by atoms with van der Waals surface area (Å²) in [4.78, 5) is 30.5. The highest BCUT2D eigenvalue weighted by atomic mass is 16.7. The lowest BCUT2D eigenvalue weighted by atomic mass is 9.98. The van der Waals surface area contributed by atoms with Crippen LogP contribution in [-0.4, -0.2) is 68.3 Å². The highest BCUT2D eigenvalue weighted by molar-refractivity contribution is 6.37. The van der Waals surface area contributed by atoms with Crippen LogP contribution in [0.15, 0.2) is 60.7 Å². The number of carbonyl (C=O) groups excluding carboxylic acids is 2. The molecule has 1 amide bonds. The van der Waals surface area contributed by atoms with Crippen molar-refractivity contribution in [3.05, 3.63) is 82.9 Å². The molecule has 9 heteroatoms. The van der Waals surface area contributed by atoms with E-state index in [0.29, 0.717) is 39.6 Å². The average Bonchev–Trinajstić information content (AvgIpc) is 3.56. The lowest BCUT2D eigenvalue weighted by molar-refractivity contribution is -0.110. The van der Waals surface area contributed by atoms with Gasteiger partial charge >= 0.3 is 5.97 Å². The number of nitrogens with one attached hydrogen (secondary N) is 2. The van der Waals surface area contributed by atoms with Gasteiger partial charge in [0.2, 0.25) is 6.79 Å². The van der Waals surface area contributed by atoms with Gasteiger partial charge in [0, 0.05) is 49.5 Å². The molecule has 2 N–H and O–H groups in total. The zero-order chi connectivity index (χ0) is 27.6. The molecule has 0 bridgehead atoms. The van der Waals surface area contributed by atoms with Gasteiger partial charge in [0.05, 0.1) is 29.1 Å². The molecular formula is C31H32N4O5. The molecule has 0 aliphatic carbocycles. The molecule has 206 valence electrons. The van der Waals surface area contributed by atoms with Crippen molar-refractivity contribution >= 4 is 34.5 Å². The van der Waals surface area contributed by atoms with Gasteiger partial charge in [-0.3, -0.25) is 9.69 Å². The minimum atomic E-state index is -0.428. The lowest BCUT2D eigenvalue weighted by Gasteiger charge is -2.32. The minimum absolute atomic E-state index is 0.160. The molecule has 0 unspecified atom stereocenters. The number of anilines is 2. The Morgan fingerprint density at radius 3 is 2.48 bits per heavy atom. The van der Waals surface area contributed by atoms with Crippen LogP contribution in [0.3, 0.4) is 0 Å². The first-order chi connectivity index (χ1) is 19.5. The van der Waals surface area contributed by atoms with Crippen LogP contribution in [0.5, 0.6) is 11.5 Å². The summed E-state index contributed by atoms with van der Waals surface area (Å²) in [5.74, 6) is 0.596. The highest BCUT2D eigenvalue weighted by Crippen LogP contribution is 2.41. The number of amides is 1. The summed E-state index contributed by atoms with van der Waals surface area (Å²) in [6, 6.07) is 19.1. The van der Waals surface area contributed by atoms with Crippen LogP contribution < -0.4 is 20.1 Å². The summed E-state index contributed by atoms with van der Waals surface area (Å²) in [5, 5.41) is 6.43. The Hall–Kier alpha value is -4.34. The summed E-state index contributed by atoms with van der Waals surface area (Å²) < 4.78 is 16.3. The van der Waals surface area contributed by atoms with Gasteiger partial charge in [-0.15, -0.1) is 0 Å². The van der Waals surface area contributed by atoms with E-state index in [4.69, 9.17) is 14.2 Å². The van der Waals surface area contributed by atoms with Crippen LogP contribution >= 0.6 is 0 Å². The number of rotatable bonds is 7. The maximum atomic E-state index is 13.4. The fourth-order valence-electron chi connectivity index (χ4n) is 5.20. The molecule has 40 heavy (non-hydrogen) atoms. The van der Waals surface area contributed by atoms with Crippen molar-refractivity contribution in [2.45, 2.75) is 13.5 Å². The Kier molecular flexibility index (Phi) is 7.15. The number of hydrogen-bond acceptors (Lipinski definition) is 8. The molecule has 3 aromatic carbocycles. The molecule has 3 aliphatic heterocycles. The second-order valence-corrected chi connectivity index (χ2v) is 10.2. The predicted octanol–water partition coefficient (Wildman–Crippen LogP) is 4.27. The molecule has 1 fully saturated rings. The van der Waals surface area contributed by atoms with Crippen LogP contribution in [-0.2, 0) is 16.1 Å². The van der Waals surface area contributed by atoms with Crippen molar-refractivity contribution in [2.75, 3.05) is 57.3 Å². The van der Waals surface area contributed by atoms with Crippen molar-refractivity contribution in [2.24, 2.45) is 0 Å². The second-order valence-electron chi connectivity index (χ2n) is 10.2. The second kappa shape index (κ2) is 11.0. The largest absolute Gasteiger partial charge is 0.462 e. The molecule has 0 spiro atoms. The Bertz CT molecular complexity index is 1480. The van der Waals surface area contributed by atoms with Gasteiger partial charge in [0.1, 0.15) is 0 Å². The zero-order valence-corrected chi connectivity index (χ0v) is 22.7. The summed E-state index contributed by atoms with van der Waals surface area (Å²) in [5.41, 5.74) is 5.62. The molecule has 3 heterocycles. The maximum absolute atomic E-state index is 13.4. The van der Waals surface area contributed by atoms with Gasteiger partial charge in [-0.25, -0.2) is 4.79 Å². The van der Waals surface area contributed by atoms with Crippen LogP contribution in [0.1, 0.15) is 34.0 Å². The molecule has 6 rings (SSSR count). The number of carbonyl (C=O) groups is 2. The first-order valence-electron chi connectivity index (χ1n) is 13.5. The van der Waals surface area contributed by atoms with Gasteiger partial charge < -0.3 is 29.7 Å². The van der Waals surface area contributed by atoms with Gasteiger partial charge in [0.25, 0.3) is 5.91 Å². The third kappa shape index (κ3) is 5.25. The van der Waals surface area contributed by atoms with Crippen molar-refractivity contribution in [1.82, 2.24) is 9.80 Å². The lowest BCUT2D eigenvalue weighted by Crippen LogP contribution is -2.43. The minimum Gasteiger partial charge on any atom is -0.462 e. The van der Waals surface area contributed by atoms with E-state index in [1.807, 2.05) is 30.3 Å². The fraction of sp³-hybridized carbons (Fsp3) is 0.290. The number of piperazine rings is 1. The molecule has 3 aliphatic rings. The van der Waals surface area contributed by atoms with Gasteiger partial charge in [0.15, 0.2) is 11.5 Å². The molecule has 0 radical (unpaired) electrons. The van der Waals surface area contributed by atoms with E-state index in [1.165, 1.54) is 5.56 Å². The van der Waals surface area contributed by atoms with E-state index < -0.39 is 5.97 Å². The fourth-order valence-corrected chi connectivity index (χ4v) is 5.20. The maximum Gasteiger partial charge on any atom is 0.338 e. The van der Waals surface area contributed by atoms with E-state index in [2.05, 4.69) is 39.6 Å². The molecule has 0 aromatic heterocycles. The zero-order valence-electron chi connectivity index (χ0n) is 22.7. The van der Waals surface area contributed by atoms with Crippen LogP contribution in [0.25, 0.3) is 11.3 Å². The van der Waals surface area contributed by atoms with Crippen molar-refractivity contribution in [3.63, 3.8) is 0 Å². The number of esters is 1. The molecule has 0 atom stereocenters. The summed E-state index contributed by atoms with van der Waals surface area (Å²) in [6.07, 6.45) is 0. The number of hydrogen-bond donors (Lipinski definition) is 2. The van der Waals surface area contributed by atoms with E-state index in [9.17, 15) is 9.59 Å². The normalized spacial score (nSPS) is 17.8. The number of fused-ring (bicyclic) bond motifs is 2. The monoisotopic (exact) mass is 540 g/mol. The summed E-state index contributed by atoms with van der Waals surface area (Å²) >= 11 is 0. The van der Waals surface area contributed by atoms with Crippen molar-refractivity contribution in [1.29, 1.82) is 0 Å². The Balaban J connectivity index is 1.34. The van der Waals surface area contributed by atoms with E-state index in [1.54, 1.807) is 25.1 Å². The molecular weight excluding hydrogens is 508 g/mol. The smallest absolute Gasteiger partial charge is 0.338 e. The Morgan fingerprint density at radius 2 is 1.70 bits per heavy atom. The molecule has 3 aromatic rings. The first kappa shape index (κ1) is 25.9. The number of benzene rings is 3. The number of ether oxygens (including phenoxy) is 3. The van der Waals surface area contributed by atoms with Crippen LogP contribution in [0.2, 0.25) is 0 Å². The third-order valence-corrected chi connectivity index (χ3v) is 7.41. The quantitative estimate of drug-likeness (QED) is 0.339. The topological polar surface area (TPSA) is 92.4 Å². The first-order valence-corrected chi connectivity index (χ1v) is 13.5. The SMILES string of the molecule is CCOC(=O)c1ccc2c(c1)NC(=O)/C2=C(\Nc1ccc(CN2CCN(C)CC2)cc1)c1ccc2c(c1)OCO2. The summed E-state index contributed by atoms with van der Waals surface area (Å²) in [7, 11) is 2.16. The van der Waals surface area contributed by atoms with Crippen molar-refractivity contribution < 1.29 is 23.8 Å². The van der Waals surface area contributed by atoms with Crippen LogP contribution in [0, 0.1) is 0 Å². The van der Waals surface area contributed by atoms with Crippen molar-refractivity contribution in [3.8, 4) is 11.5 Å². The molecule has 9 nitrogen and oxygen atoms in total. The summed E-state index contributed by atoms with van der Waals surface area (Å²) in [6.45, 7) is 7.38. The average molecular weight is 541 g/mol. The molecule has 1 saturated heterocycles. The predicted molar refractivity (Wildman–Crippen MR) is 153 cm³/mol. The van der Waals surface area contributed by atoms with Crippen LogP contribution in [0.4, 0.5) is 11.4 Å². The third-order valence-electron chi connectivity index (χ3n) is 7.41. The Morgan fingerprint density at radius 1 is 0.950 bits per heavy atom. The standard InChI is InChI=1S/C31H32N4O5/c1-3-38-31(37)22-6-10-24-25(16-22)33-30(36)28(24)29(21-7-11-26-27(17-21)40-19-39-26)32-23-8-4-20(5-9-23)18-35-14-12-34(2)13-15-35/h4-11,16-17,32H,3,12-15,18-19H2,1-2H3,(H,33,36)/b29-28-. The van der Waals surface area contributed by atoms with Gasteiger partial charge in [-0.2, -0.15) is 0 Å². The Labute approximate surface area is 233 Å². The van der Waals surface area contributed by atoms with E-state index >= 15 is 0 Å². The van der Waals surface area contributed by atoms with Gasteiger partial charge in [-0.05, 0) is 62.0 Å². The van der Waals surface area contributed by atoms with Gasteiger partial charge in [-0.1, -0.05) is 18.2 Å².